The van der Waals surface area contributed by atoms with Crippen LogP contribution >= 0.6 is 11.6 Å². The van der Waals surface area contributed by atoms with Gasteiger partial charge in [0.05, 0.1) is 17.7 Å². The number of nitrogens with zero attached hydrogens (tertiary/aromatic N) is 1. The molecule has 124 valence electrons. The summed E-state index contributed by atoms with van der Waals surface area (Å²) in [5, 5.41) is 3.95. The first-order valence-electron chi connectivity index (χ1n) is 8.21. The number of nitrogens with one attached hydrogen (secondary N) is 1. The molecule has 1 saturated heterocycles. The van der Waals surface area contributed by atoms with Crippen molar-refractivity contribution in [3.8, 4) is 0 Å². The van der Waals surface area contributed by atoms with E-state index in [9.17, 15) is 9.59 Å². The third-order valence-electron chi connectivity index (χ3n) is 3.99. The van der Waals surface area contributed by atoms with Crippen LogP contribution in [0, 0.1) is 0 Å². The van der Waals surface area contributed by atoms with Crippen molar-refractivity contribution in [2.45, 2.75) is 33.1 Å². The lowest BCUT2D eigenvalue weighted by molar-refractivity contribution is 0.0670. The van der Waals surface area contributed by atoms with Gasteiger partial charge in [0.1, 0.15) is 0 Å². The average molecular weight is 335 g/mol. The molecule has 2 heterocycles. The fraction of sp³-hybridized carbons (Fsp3) is 0.444. The van der Waals surface area contributed by atoms with Gasteiger partial charge in [-0.3, -0.25) is 14.5 Å². The zero-order chi connectivity index (χ0) is 16.8. The summed E-state index contributed by atoms with van der Waals surface area (Å²) in [6, 6.07) is 6.91. The molecule has 4 nitrogen and oxygen atoms in total. The van der Waals surface area contributed by atoms with E-state index in [-0.39, 0.29) is 18.4 Å². The number of carbonyl (C=O) groups is 2. The summed E-state index contributed by atoms with van der Waals surface area (Å²) in [5.41, 5.74) is 2.09. The minimum Gasteiger partial charge on any atom is -0.316 e. The van der Waals surface area contributed by atoms with E-state index in [1.165, 1.54) is 4.90 Å². The van der Waals surface area contributed by atoms with Crippen LogP contribution in [0.2, 0.25) is 0 Å². The quantitative estimate of drug-likeness (QED) is 0.841. The zero-order valence-corrected chi connectivity index (χ0v) is 14.4. The molecule has 0 aliphatic carbocycles. The molecule has 1 aromatic carbocycles. The van der Waals surface area contributed by atoms with E-state index in [2.05, 4.69) is 5.32 Å². The lowest BCUT2D eigenvalue weighted by Crippen LogP contribution is -2.31. The van der Waals surface area contributed by atoms with E-state index in [1.807, 2.05) is 13.8 Å². The molecule has 0 spiro atoms. The van der Waals surface area contributed by atoms with Crippen molar-refractivity contribution in [2.75, 3.05) is 19.6 Å². The number of imide groups is 1. The number of benzene rings is 1. The molecular formula is C18H23ClN2O2. The lowest BCUT2D eigenvalue weighted by Gasteiger charge is -2.15. The molecule has 0 atom stereocenters. The van der Waals surface area contributed by atoms with Gasteiger partial charge < -0.3 is 5.32 Å². The van der Waals surface area contributed by atoms with Gasteiger partial charge in [0.2, 0.25) is 0 Å². The second-order valence-electron chi connectivity index (χ2n) is 5.35. The van der Waals surface area contributed by atoms with Crippen LogP contribution in [-0.4, -0.2) is 36.3 Å². The molecule has 0 unspecified atom stereocenters. The van der Waals surface area contributed by atoms with Crippen molar-refractivity contribution in [3.05, 3.63) is 46.0 Å². The Labute approximate surface area is 142 Å². The third kappa shape index (κ3) is 3.82. The van der Waals surface area contributed by atoms with Crippen LogP contribution in [0.15, 0.2) is 34.9 Å². The maximum Gasteiger partial charge on any atom is 0.261 e. The number of rotatable bonds is 2. The second kappa shape index (κ2) is 8.27. The molecule has 2 amide bonds. The highest BCUT2D eigenvalue weighted by Crippen LogP contribution is 2.26. The summed E-state index contributed by atoms with van der Waals surface area (Å²) >= 11 is 6.39. The van der Waals surface area contributed by atoms with Gasteiger partial charge in [-0.05, 0) is 44.5 Å². The van der Waals surface area contributed by atoms with Crippen molar-refractivity contribution in [3.63, 3.8) is 0 Å². The van der Waals surface area contributed by atoms with E-state index >= 15 is 0 Å². The van der Waals surface area contributed by atoms with Crippen molar-refractivity contribution in [1.82, 2.24) is 10.2 Å². The van der Waals surface area contributed by atoms with Gasteiger partial charge in [0.25, 0.3) is 11.8 Å². The van der Waals surface area contributed by atoms with Crippen molar-refractivity contribution in [2.24, 2.45) is 0 Å². The van der Waals surface area contributed by atoms with Crippen molar-refractivity contribution >= 4 is 23.4 Å². The molecule has 5 heteroatoms. The average Bonchev–Trinajstić information content (AvgIpc) is 2.81. The summed E-state index contributed by atoms with van der Waals surface area (Å²) in [4.78, 5) is 25.9. The number of fused-ring (bicyclic) bond motifs is 1. The molecule has 0 bridgehead atoms. The molecule has 0 aromatic heterocycles. The van der Waals surface area contributed by atoms with Gasteiger partial charge in [-0.15, -0.1) is 0 Å². The molecule has 1 fully saturated rings. The number of halogens is 1. The third-order valence-corrected chi connectivity index (χ3v) is 4.38. The highest BCUT2D eigenvalue weighted by Gasteiger charge is 2.35. The highest BCUT2D eigenvalue weighted by atomic mass is 35.5. The van der Waals surface area contributed by atoms with E-state index in [4.69, 9.17) is 11.6 Å². The first kappa shape index (κ1) is 17.7. The normalized spacial score (nSPS) is 19.7. The molecule has 1 aromatic rings. The molecule has 23 heavy (non-hydrogen) atoms. The predicted octanol–water partition coefficient (Wildman–Crippen LogP) is 3.58. The van der Waals surface area contributed by atoms with Crippen LogP contribution in [0.1, 0.15) is 53.8 Å². The number of carbonyl (C=O) groups excluding carboxylic acids is 2. The lowest BCUT2D eigenvalue weighted by atomic mass is 10.1. The summed E-state index contributed by atoms with van der Waals surface area (Å²) in [6.45, 7) is 6.07. The van der Waals surface area contributed by atoms with E-state index in [0.29, 0.717) is 16.2 Å². The standard InChI is InChI=1S/C16H17ClN2O2.C2H6/c17-14(11-4-3-8-18-9-7-11)10-19-15(20)12-5-1-2-6-13(12)16(19)21;1-2/h1-2,5-6,18H,3-4,7-10H2;1-2H3/b14-11-;. The number of amides is 2. The summed E-state index contributed by atoms with van der Waals surface area (Å²) < 4.78 is 0. The van der Waals surface area contributed by atoms with Crippen LogP contribution in [0.5, 0.6) is 0 Å². The highest BCUT2D eigenvalue weighted by molar-refractivity contribution is 6.31. The fourth-order valence-electron chi connectivity index (χ4n) is 2.82. The monoisotopic (exact) mass is 334 g/mol. The minimum absolute atomic E-state index is 0.184. The van der Waals surface area contributed by atoms with Gasteiger partial charge in [-0.25, -0.2) is 0 Å². The van der Waals surface area contributed by atoms with Gasteiger partial charge in [-0.2, -0.15) is 0 Å². The summed E-state index contributed by atoms with van der Waals surface area (Å²) in [5.74, 6) is -0.498. The van der Waals surface area contributed by atoms with Gasteiger partial charge in [0.15, 0.2) is 0 Å². The Hall–Kier alpha value is -1.65. The molecule has 1 N–H and O–H groups in total. The Balaban J connectivity index is 0.000000924. The maximum absolute atomic E-state index is 12.3. The minimum atomic E-state index is -0.249. The first-order chi connectivity index (χ1) is 11.2. The first-order valence-corrected chi connectivity index (χ1v) is 8.58. The van der Waals surface area contributed by atoms with Gasteiger partial charge in [0, 0.05) is 5.03 Å². The number of hydrogen-bond acceptors (Lipinski definition) is 3. The van der Waals surface area contributed by atoms with Crippen LogP contribution in [0.25, 0.3) is 0 Å². The van der Waals surface area contributed by atoms with E-state index in [0.717, 1.165) is 37.9 Å². The Morgan fingerprint density at radius 1 is 1.09 bits per heavy atom. The van der Waals surface area contributed by atoms with Crippen LogP contribution < -0.4 is 5.32 Å². The fourth-order valence-corrected chi connectivity index (χ4v) is 3.13. The molecule has 3 rings (SSSR count). The Kier molecular flexibility index (Phi) is 6.37. The van der Waals surface area contributed by atoms with E-state index in [1.54, 1.807) is 24.3 Å². The van der Waals surface area contributed by atoms with E-state index < -0.39 is 0 Å². The molecule has 0 saturated carbocycles. The molecule has 2 aliphatic heterocycles. The Morgan fingerprint density at radius 2 is 1.70 bits per heavy atom. The molecular weight excluding hydrogens is 312 g/mol. The van der Waals surface area contributed by atoms with Crippen molar-refractivity contribution in [1.29, 1.82) is 0 Å². The van der Waals surface area contributed by atoms with Crippen molar-refractivity contribution < 1.29 is 9.59 Å². The predicted molar refractivity (Wildman–Crippen MR) is 92.8 cm³/mol. The van der Waals surface area contributed by atoms with Gasteiger partial charge in [-0.1, -0.05) is 43.2 Å². The summed E-state index contributed by atoms with van der Waals surface area (Å²) in [6.07, 6.45) is 2.84. The van der Waals surface area contributed by atoms with Crippen LogP contribution in [0.3, 0.4) is 0 Å². The smallest absolute Gasteiger partial charge is 0.261 e. The molecule has 0 radical (unpaired) electrons. The Morgan fingerprint density at radius 3 is 2.30 bits per heavy atom. The van der Waals surface area contributed by atoms with Crippen LogP contribution in [-0.2, 0) is 0 Å². The largest absolute Gasteiger partial charge is 0.316 e. The maximum atomic E-state index is 12.3. The zero-order valence-electron chi connectivity index (χ0n) is 13.7. The second-order valence-corrected chi connectivity index (χ2v) is 5.81. The topological polar surface area (TPSA) is 49.4 Å². The van der Waals surface area contributed by atoms with Crippen LogP contribution in [0.4, 0.5) is 0 Å². The number of hydrogen-bond donors (Lipinski definition) is 1. The molecule has 2 aliphatic rings. The SMILES string of the molecule is CC.O=C1c2ccccc2C(=O)N1C/C(Cl)=C1\CCCNCC1. The Bertz CT molecular complexity index is 580. The van der Waals surface area contributed by atoms with Gasteiger partial charge >= 0.3 is 0 Å². The summed E-state index contributed by atoms with van der Waals surface area (Å²) in [7, 11) is 0.